The van der Waals surface area contributed by atoms with Gasteiger partial charge < -0.3 is 15.2 Å². The van der Waals surface area contributed by atoms with Gasteiger partial charge >= 0.3 is 5.97 Å². The fourth-order valence-corrected chi connectivity index (χ4v) is 1.31. The van der Waals surface area contributed by atoms with E-state index in [9.17, 15) is 4.79 Å². The van der Waals surface area contributed by atoms with E-state index in [0.29, 0.717) is 5.82 Å². The summed E-state index contributed by atoms with van der Waals surface area (Å²) in [5.74, 6) is -0.467. The number of rotatable bonds is 8. The van der Waals surface area contributed by atoms with Crippen LogP contribution in [0.4, 0.5) is 5.82 Å². The maximum Gasteiger partial charge on any atom is 0.356 e. The number of aromatic carboxylic acids is 1. The van der Waals surface area contributed by atoms with Crippen molar-refractivity contribution in [3.63, 3.8) is 0 Å². The topological polar surface area (TPSA) is 84.3 Å². The molecule has 1 heterocycles. The lowest BCUT2D eigenvalue weighted by Gasteiger charge is -2.04. The highest BCUT2D eigenvalue weighted by Crippen LogP contribution is 2.03. The van der Waals surface area contributed by atoms with Crippen LogP contribution >= 0.6 is 0 Å². The fraction of sp³-hybridized carbons (Fsp3) is 0.545. The third-order valence-electron chi connectivity index (χ3n) is 2.22. The Morgan fingerprint density at radius 1 is 1.35 bits per heavy atom. The van der Waals surface area contributed by atoms with Gasteiger partial charge in [-0.2, -0.15) is 0 Å². The number of carbonyl (C=O) groups is 1. The van der Waals surface area contributed by atoms with Crippen molar-refractivity contribution in [1.82, 2.24) is 10.2 Å². The molecule has 17 heavy (non-hydrogen) atoms. The van der Waals surface area contributed by atoms with Gasteiger partial charge in [0.15, 0.2) is 5.69 Å². The van der Waals surface area contributed by atoms with Gasteiger partial charge in [0.2, 0.25) is 0 Å². The second kappa shape index (κ2) is 7.56. The first-order valence-electron chi connectivity index (χ1n) is 5.54. The standard InChI is InChI=1S/C11H17N3O3/c1-17-8-4-2-3-7-12-10-6-5-9(11(15)16)13-14-10/h5-6H,2-4,7-8H2,1H3,(H,12,14)(H,15,16). The number of hydrogen-bond acceptors (Lipinski definition) is 5. The van der Waals surface area contributed by atoms with Crippen LogP contribution < -0.4 is 5.32 Å². The van der Waals surface area contributed by atoms with Crippen LogP contribution in [0.2, 0.25) is 0 Å². The second-order valence-corrected chi connectivity index (χ2v) is 3.59. The number of methoxy groups -OCH3 is 1. The van der Waals surface area contributed by atoms with E-state index in [1.165, 1.54) is 6.07 Å². The molecule has 0 bridgehead atoms. The molecule has 1 aromatic rings. The lowest BCUT2D eigenvalue weighted by atomic mass is 10.2. The molecule has 6 nitrogen and oxygen atoms in total. The van der Waals surface area contributed by atoms with E-state index < -0.39 is 5.97 Å². The van der Waals surface area contributed by atoms with Crippen molar-refractivity contribution in [1.29, 1.82) is 0 Å². The molecule has 0 spiro atoms. The number of hydrogen-bond donors (Lipinski definition) is 2. The zero-order valence-electron chi connectivity index (χ0n) is 9.85. The molecule has 2 N–H and O–H groups in total. The Labute approximate surface area is 100 Å². The minimum atomic E-state index is -1.07. The number of unbranched alkanes of at least 4 members (excludes halogenated alkanes) is 2. The van der Waals surface area contributed by atoms with Crippen LogP contribution in [-0.4, -0.2) is 41.5 Å². The van der Waals surface area contributed by atoms with E-state index in [1.807, 2.05) is 0 Å². The fourth-order valence-electron chi connectivity index (χ4n) is 1.31. The summed E-state index contributed by atoms with van der Waals surface area (Å²) in [6.07, 6.45) is 3.15. The van der Waals surface area contributed by atoms with Crippen molar-refractivity contribution in [2.24, 2.45) is 0 Å². The summed E-state index contributed by atoms with van der Waals surface area (Å²) < 4.78 is 4.94. The summed E-state index contributed by atoms with van der Waals surface area (Å²) in [5, 5.41) is 19.1. The van der Waals surface area contributed by atoms with Crippen molar-refractivity contribution in [2.75, 3.05) is 25.6 Å². The smallest absolute Gasteiger partial charge is 0.356 e. The first kappa shape index (κ1) is 13.4. The van der Waals surface area contributed by atoms with E-state index >= 15 is 0 Å². The van der Waals surface area contributed by atoms with Crippen molar-refractivity contribution in [3.8, 4) is 0 Å². The van der Waals surface area contributed by atoms with Crippen LogP contribution in [0.1, 0.15) is 29.8 Å². The molecule has 0 radical (unpaired) electrons. The Hall–Kier alpha value is -1.69. The van der Waals surface area contributed by atoms with Crippen molar-refractivity contribution < 1.29 is 14.6 Å². The molecular formula is C11H17N3O3. The van der Waals surface area contributed by atoms with Gasteiger partial charge in [-0.25, -0.2) is 4.79 Å². The molecule has 0 aliphatic carbocycles. The molecule has 0 aromatic carbocycles. The van der Waals surface area contributed by atoms with E-state index in [2.05, 4.69) is 15.5 Å². The maximum atomic E-state index is 10.5. The van der Waals surface area contributed by atoms with Crippen LogP contribution in [0.3, 0.4) is 0 Å². The van der Waals surface area contributed by atoms with Crippen molar-refractivity contribution in [2.45, 2.75) is 19.3 Å². The molecule has 0 saturated heterocycles. The Bertz CT molecular complexity index is 340. The van der Waals surface area contributed by atoms with E-state index in [-0.39, 0.29) is 5.69 Å². The largest absolute Gasteiger partial charge is 0.476 e. The van der Waals surface area contributed by atoms with Gasteiger partial charge in [0.05, 0.1) is 0 Å². The Balaban J connectivity index is 2.21. The number of carboxylic acid groups (broad SMARTS) is 1. The molecule has 0 aliphatic heterocycles. The van der Waals surface area contributed by atoms with Gasteiger partial charge in [0.1, 0.15) is 5.82 Å². The first-order chi connectivity index (χ1) is 8.24. The Morgan fingerprint density at radius 3 is 2.76 bits per heavy atom. The number of nitrogens with zero attached hydrogens (tertiary/aromatic N) is 2. The van der Waals surface area contributed by atoms with Crippen LogP contribution in [0, 0.1) is 0 Å². The van der Waals surface area contributed by atoms with Gasteiger partial charge in [-0.15, -0.1) is 10.2 Å². The zero-order chi connectivity index (χ0) is 12.5. The molecule has 1 rings (SSSR count). The summed E-state index contributed by atoms with van der Waals surface area (Å²) in [6.45, 7) is 1.58. The predicted molar refractivity (Wildman–Crippen MR) is 63.2 cm³/mol. The quantitative estimate of drug-likeness (QED) is 0.667. The highest BCUT2D eigenvalue weighted by atomic mass is 16.5. The third kappa shape index (κ3) is 5.26. The van der Waals surface area contributed by atoms with Gasteiger partial charge in [0, 0.05) is 20.3 Å². The summed E-state index contributed by atoms with van der Waals surface area (Å²) in [4.78, 5) is 10.5. The molecule has 0 aliphatic rings. The molecule has 0 amide bonds. The number of nitrogens with one attached hydrogen (secondary N) is 1. The maximum absolute atomic E-state index is 10.5. The predicted octanol–water partition coefficient (Wildman–Crippen LogP) is 1.40. The second-order valence-electron chi connectivity index (χ2n) is 3.59. The lowest BCUT2D eigenvalue weighted by Crippen LogP contribution is -2.07. The SMILES string of the molecule is COCCCCCNc1ccc(C(=O)O)nn1. The number of ether oxygens (including phenoxy) is 1. The average molecular weight is 239 g/mol. The zero-order valence-corrected chi connectivity index (χ0v) is 9.85. The van der Waals surface area contributed by atoms with E-state index in [0.717, 1.165) is 32.4 Å². The van der Waals surface area contributed by atoms with Crippen LogP contribution in [0.5, 0.6) is 0 Å². The highest BCUT2D eigenvalue weighted by Gasteiger charge is 2.04. The Kier molecular flexibility index (Phi) is 5.95. The van der Waals surface area contributed by atoms with Crippen LogP contribution in [0.15, 0.2) is 12.1 Å². The number of carboxylic acids is 1. The van der Waals surface area contributed by atoms with E-state index in [4.69, 9.17) is 9.84 Å². The number of anilines is 1. The Morgan fingerprint density at radius 2 is 2.18 bits per heavy atom. The monoisotopic (exact) mass is 239 g/mol. The molecule has 6 heteroatoms. The summed E-state index contributed by atoms with van der Waals surface area (Å²) in [7, 11) is 1.69. The number of aromatic nitrogens is 2. The summed E-state index contributed by atoms with van der Waals surface area (Å²) in [5.41, 5.74) is -0.0457. The minimum Gasteiger partial charge on any atom is -0.476 e. The molecule has 0 fully saturated rings. The molecule has 0 atom stereocenters. The van der Waals surface area contributed by atoms with Crippen LogP contribution in [0.25, 0.3) is 0 Å². The third-order valence-corrected chi connectivity index (χ3v) is 2.22. The molecule has 0 saturated carbocycles. The highest BCUT2D eigenvalue weighted by molar-refractivity contribution is 5.85. The summed E-state index contributed by atoms with van der Waals surface area (Å²) >= 11 is 0. The van der Waals surface area contributed by atoms with Gasteiger partial charge in [-0.3, -0.25) is 0 Å². The van der Waals surface area contributed by atoms with Crippen molar-refractivity contribution in [3.05, 3.63) is 17.8 Å². The van der Waals surface area contributed by atoms with Gasteiger partial charge in [0.25, 0.3) is 0 Å². The molecule has 0 unspecified atom stereocenters. The lowest BCUT2D eigenvalue weighted by molar-refractivity contribution is 0.0689. The van der Waals surface area contributed by atoms with Gasteiger partial charge in [-0.05, 0) is 31.4 Å². The minimum absolute atomic E-state index is 0.0457. The first-order valence-corrected chi connectivity index (χ1v) is 5.54. The van der Waals surface area contributed by atoms with Crippen LogP contribution in [-0.2, 0) is 4.74 Å². The van der Waals surface area contributed by atoms with Crippen molar-refractivity contribution >= 4 is 11.8 Å². The molecular weight excluding hydrogens is 222 g/mol. The average Bonchev–Trinajstić information content (AvgIpc) is 2.34. The normalized spacial score (nSPS) is 10.2. The molecule has 94 valence electrons. The van der Waals surface area contributed by atoms with E-state index in [1.54, 1.807) is 13.2 Å². The summed E-state index contributed by atoms with van der Waals surface area (Å²) in [6, 6.07) is 3.05. The van der Waals surface area contributed by atoms with Gasteiger partial charge in [-0.1, -0.05) is 0 Å². The molecule has 1 aromatic heterocycles.